The Balaban J connectivity index is 1.77. The van der Waals surface area contributed by atoms with E-state index in [-0.39, 0.29) is 0 Å². The van der Waals surface area contributed by atoms with Crippen molar-refractivity contribution in [2.75, 3.05) is 0 Å². The van der Waals surface area contributed by atoms with E-state index in [4.69, 9.17) is 0 Å². The van der Waals surface area contributed by atoms with Crippen LogP contribution in [0.3, 0.4) is 0 Å². The summed E-state index contributed by atoms with van der Waals surface area (Å²) in [7, 11) is 0. The first-order valence-electron chi connectivity index (χ1n) is 7.19. The van der Waals surface area contributed by atoms with Crippen molar-refractivity contribution in [3.63, 3.8) is 0 Å². The van der Waals surface area contributed by atoms with Gasteiger partial charge in [-0.25, -0.2) is 0 Å². The van der Waals surface area contributed by atoms with Crippen LogP contribution < -0.4 is 0 Å². The van der Waals surface area contributed by atoms with Crippen molar-refractivity contribution >= 4 is 21.8 Å². The molecule has 0 radical (unpaired) electrons. The highest BCUT2D eigenvalue weighted by Crippen LogP contribution is 2.21. The van der Waals surface area contributed by atoms with Crippen LogP contribution in [0.15, 0.2) is 67.0 Å². The molecular weight excluding hydrogens is 256 g/mol. The van der Waals surface area contributed by atoms with Crippen molar-refractivity contribution in [3.05, 3.63) is 78.1 Å². The van der Waals surface area contributed by atoms with Crippen LogP contribution in [0, 0.1) is 6.92 Å². The molecule has 0 aliphatic rings. The first-order chi connectivity index (χ1) is 10.3. The molecule has 0 aliphatic carbocycles. The van der Waals surface area contributed by atoms with Gasteiger partial charge in [0, 0.05) is 35.2 Å². The molecule has 4 aromatic rings. The molecule has 0 unspecified atom stereocenters. The average molecular weight is 272 g/mol. The van der Waals surface area contributed by atoms with Crippen LogP contribution in [0.2, 0.25) is 0 Å². The molecule has 2 heteroatoms. The van der Waals surface area contributed by atoms with Crippen LogP contribution in [0.4, 0.5) is 0 Å². The van der Waals surface area contributed by atoms with Crippen LogP contribution in [0.1, 0.15) is 11.1 Å². The van der Waals surface area contributed by atoms with E-state index in [0.717, 1.165) is 12.1 Å². The van der Waals surface area contributed by atoms with Gasteiger partial charge in [0.25, 0.3) is 0 Å². The van der Waals surface area contributed by atoms with Crippen molar-refractivity contribution in [1.29, 1.82) is 0 Å². The van der Waals surface area contributed by atoms with Gasteiger partial charge in [0.15, 0.2) is 0 Å². The molecule has 4 rings (SSSR count). The minimum absolute atomic E-state index is 0.887. The van der Waals surface area contributed by atoms with E-state index >= 15 is 0 Å². The van der Waals surface area contributed by atoms with E-state index in [1.54, 1.807) is 0 Å². The predicted octanol–water partition coefficient (Wildman–Crippen LogP) is 4.55. The Morgan fingerprint density at radius 1 is 1.00 bits per heavy atom. The second-order valence-electron chi connectivity index (χ2n) is 5.48. The van der Waals surface area contributed by atoms with Crippen molar-refractivity contribution in [1.82, 2.24) is 9.55 Å². The number of rotatable bonds is 2. The summed E-state index contributed by atoms with van der Waals surface area (Å²) in [6.45, 7) is 3.05. The van der Waals surface area contributed by atoms with E-state index < -0.39 is 0 Å². The topological polar surface area (TPSA) is 17.8 Å². The Kier molecular flexibility index (Phi) is 2.74. The van der Waals surface area contributed by atoms with Crippen LogP contribution >= 0.6 is 0 Å². The predicted molar refractivity (Wildman–Crippen MR) is 87.5 cm³/mol. The SMILES string of the molecule is Cc1cccc2c1ccn2Cc1ccc2ncccc2c1. The van der Waals surface area contributed by atoms with Gasteiger partial charge in [0.1, 0.15) is 0 Å². The standard InChI is InChI=1S/C19H16N2/c1-14-4-2-6-19-17(14)9-11-21(19)13-15-7-8-18-16(12-15)5-3-10-20-18/h2-12H,13H2,1H3. The Morgan fingerprint density at radius 3 is 2.90 bits per heavy atom. The molecule has 2 nitrogen and oxygen atoms in total. The van der Waals surface area contributed by atoms with Gasteiger partial charge in [-0.05, 0) is 48.4 Å². The van der Waals surface area contributed by atoms with E-state index in [0.29, 0.717) is 0 Å². The molecule has 0 saturated carbocycles. The summed E-state index contributed by atoms with van der Waals surface area (Å²) in [6.07, 6.45) is 4.01. The third kappa shape index (κ3) is 2.09. The molecule has 2 aromatic carbocycles. The highest BCUT2D eigenvalue weighted by Gasteiger charge is 2.04. The minimum atomic E-state index is 0.887. The van der Waals surface area contributed by atoms with E-state index in [1.807, 2.05) is 12.3 Å². The lowest BCUT2D eigenvalue weighted by atomic mass is 10.1. The van der Waals surface area contributed by atoms with E-state index in [9.17, 15) is 0 Å². The number of benzene rings is 2. The van der Waals surface area contributed by atoms with Crippen LogP contribution in [-0.4, -0.2) is 9.55 Å². The average Bonchev–Trinajstić information content (AvgIpc) is 2.92. The normalized spacial score (nSPS) is 11.3. The van der Waals surface area contributed by atoms with Crippen LogP contribution in [-0.2, 0) is 6.54 Å². The largest absolute Gasteiger partial charge is 0.343 e. The Labute approximate surface area is 123 Å². The van der Waals surface area contributed by atoms with Gasteiger partial charge >= 0.3 is 0 Å². The molecule has 2 heterocycles. The number of pyridine rings is 1. The van der Waals surface area contributed by atoms with Gasteiger partial charge in [-0.15, -0.1) is 0 Å². The maximum atomic E-state index is 4.37. The first kappa shape index (κ1) is 12.2. The van der Waals surface area contributed by atoms with Crippen molar-refractivity contribution in [3.8, 4) is 0 Å². The highest BCUT2D eigenvalue weighted by atomic mass is 14.9. The monoisotopic (exact) mass is 272 g/mol. The first-order valence-corrected chi connectivity index (χ1v) is 7.19. The molecule has 0 bridgehead atoms. The lowest BCUT2D eigenvalue weighted by Gasteiger charge is -2.07. The summed E-state index contributed by atoms with van der Waals surface area (Å²) in [5, 5.41) is 2.53. The maximum Gasteiger partial charge on any atom is 0.0702 e. The second kappa shape index (κ2) is 4.74. The molecule has 0 N–H and O–H groups in total. The smallest absolute Gasteiger partial charge is 0.0702 e. The zero-order chi connectivity index (χ0) is 14.2. The number of nitrogens with zero attached hydrogens (tertiary/aromatic N) is 2. The number of hydrogen-bond acceptors (Lipinski definition) is 1. The van der Waals surface area contributed by atoms with Gasteiger partial charge in [0.2, 0.25) is 0 Å². The van der Waals surface area contributed by atoms with Crippen molar-refractivity contribution in [2.45, 2.75) is 13.5 Å². The molecule has 0 spiro atoms. The summed E-state index contributed by atoms with van der Waals surface area (Å²) >= 11 is 0. The number of hydrogen-bond donors (Lipinski definition) is 0. The second-order valence-corrected chi connectivity index (χ2v) is 5.48. The Morgan fingerprint density at radius 2 is 1.95 bits per heavy atom. The van der Waals surface area contributed by atoms with Gasteiger partial charge in [0.05, 0.1) is 5.52 Å². The third-order valence-electron chi connectivity index (χ3n) is 4.05. The lowest BCUT2D eigenvalue weighted by molar-refractivity contribution is 0.838. The third-order valence-corrected chi connectivity index (χ3v) is 4.05. The molecule has 21 heavy (non-hydrogen) atoms. The van der Waals surface area contributed by atoms with Gasteiger partial charge < -0.3 is 4.57 Å². The van der Waals surface area contributed by atoms with Gasteiger partial charge in [-0.3, -0.25) is 4.98 Å². The fraction of sp³-hybridized carbons (Fsp3) is 0.105. The molecular formula is C19H16N2. The molecule has 0 fully saturated rings. The summed E-state index contributed by atoms with van der Waals surface area (Å²) in [4.78, 5) is 4.37. The number of fused-ring (bicyclic) bond motifs is 2. The van der Waals surface area contributed by atoms with Gasteiger partial charge in [-0.1, -0.05) is 24.3 Å². The quantitative estimate of drug-likeness (QED) is 0.523. The number of aryl methyl sites for hydroxylation is 1. The molecule has 102 valence electrons. The maximum absolute atomic E-state index is 4.37. The Bertz CT molecular complexity index is 935. The summed E-state index contributed by atoms with van der Waals surface area (Å²) in [5.41, 5.74) is 4.97. The number of aromatic nitrogens is 2. The zero-order valence-corrected chi connectivity index (χ0v) is 12.0. The molecule has 0 atom stereocenters. The zero-order valence-electron chi connectivity index (χ0n) is 12.0. The van der Waals surface area contributed by atoms with Crippen molar-refractivity contribution < 1.29 is 0 Å². The minimum Gasteiger partial charge on any atom is -0.343 e. The molecule has 0 amide bonds. The Hall–Kier alpha value is -2.61. The fourth-order valence-electron chi connectivity index (χ4n) is 2.94. The van der Waals surface area contributed by atoms with Gasteiger partial charge in [-0.2, -0.15) is 0 Å². The van der Waals surface area contributed by atoms with E-state index in [1.165, 1.54) is 27.4 Å². The molecule has 0 aliphatic heterocycles. The lowest BCUT2D eigenvalue weighted by Crippen LogP contribution is -1.98. The fourth-order valence-corrected chi connectivity index (χ4v) is 2.94. The summed E-state index contributed by atoms with van der Waals surface area (Å²) in [6, 6.07) is 19.3. The van der Waals surface area contributed by atoms with E-state index in [2.05, 4.69) is 71.2 Å². The summed E-state index contributed by atoms with van der Waals surface area (Å²) in [5.74, 6) is 0. The molecule has 2 aromatic heterocycles. The van der Waals surface area contributed by atoms with Crippen LogP contribution in [0.25, 0.3) is 21.8 Å². The van der Waals surface area contributed by atoms with Crippen LogP contribution in [0.5, 0.6) is 0 Å². The summed E-state index contributed by atoms with van der Waals surface area (Å²) < 4.78 is 2.31. The highest BCUT2D eigenvalue weighted by molar-refractivity contribution is 5.83. The van der Waals surface area contributed by atoms with Crippen molar-refractivity contribution in [2.24, 2.45) is 0 Å². The molecule has 0 saturated heterocycles.